The van der Waals surface area contributed by atoms with E-state index >= 15 is 0 Å². The highest BCUT2D eigenvalue weighted by Crippen LogP contribution is 2.29. The molecule has 1 aromatic carbocycles. The number of oxazole rings is 2. The predicted molar refractivity (Wildman–Crippen MR) is 118 cm³/mol. The van der Waals surface area contributed by atoms with Crippen LogP contribution in [0, 0.1) is 11.3 Å². The maximum atomic E-state index is 12.7. The van der Waals surface area contributed by atoms with Crippen molar-refractivity contribution in [2.45, 2.75) is 12.8 Å². The van der Waals surface area contributed by atoms with Gasteiger partial charge in [0.2, 0.25) is 17.5 Å². The fraction of sp³-hybridized carbons (Fsp3) is 0.250. The van der Waals surface area contributed by atoms with Crippen LogP contribution in [0.3, 0.4) is 0 Å². The molecule has 0 unspecified atom stereocenters. The molecule has 1 saturated heterocycles. The molecule has 0 N–H and O–H groups in total. The first kappa shape index (κ1) is 20.6. The summed E-state index contributed by atoms with van der Waals surface area (Å²) >= 11 is 0. The Balaban J connectivity index is 1.16. The highest BCUT2D eigenvalue weighted by atomic mass is 16.4. The number of carbonyl (C=O) groups excluding carboxylic acids is 1. The van der Waals surface area contributed by atoms with E-state index < -0.39 is 0 Å². The third-order valence-corrected chi connectivity index (χ3v) is 5.53. The maximum Gasteiger partial charge on any atom is 0.266 e. The van der Waals surface area contributed by atoms with Crippen LogP contribution in [0.5, 0.6) is 0 Å². The van der Waals surface area contributed by atoms with Crippen molar-refractivity contribution in [3.63, 3.8) is 0 Å². The molecule has 5 rings (SSSR count). The van der Waals surface area contributed by atoms with E-state index in [0.29, 0.717) is 62.3 Å². The summed E-state index contributed by atoms with van der Waals surface area (Å²) in [7, 11) is 0. The maximum absolute atomic E-state index is 12.7. The predicted octanol–water partition coefficient (Wildman–Crippen LogP) is 3.74. The molecule has 1 fully saturated rings. The Labute approximate surface area is 189 Å². The molecule has 4 aromatic rings. The van der Waals surface area contributed by atoms with Gasteiger partial charge in [-0.15, -0.1) is 0 Å². The number of carbonyl (C=O) groups is 1. The number of aromatic nitrogens is 2. The summed E-state index contributed by atoms with van der Waals surface area (Å²) < 4.78 is 16.9. The normalized spacial score (nSPS) is 13.8. The number of piperazine rings is 1. The lowest BCUT2D eigenvalue weighted by Crippen LogP contribution is -2.49. The first-order chi connectivity index (χ1) is 16.2. The molecule has 0 atom stereocenters. The average Bonchev–Trinajstić information content (AvgIpc) is 3.63. The van der Waals surface area contributed by atoms with E-state index in [0.717, 1.165) is 5.56 Å². The molecule has 0 saturated carbocycles. The van der Waals surface area contributed by atoms with Crippen LogP contribution in [-0.4, -0.2) is 47.0 Å². The van der Waals surface area contributed by atoms with Crippen molar-refractivity contribution in [3.8, 4) is 29.0 Å². The summed E-state index contributed by atoms with van der Waals surface area (Å²) in [4.78, 5) is 25.0. The van der Waals surface area contributed by atoms with Crippen LogP contribution < -0.4 is 4.90 Å². The number of anilines is 1. The SMILES string of the molecule is N#Cc1nc(-c2ccco2)oc1N1CCN(C(=O)CCc2ncc(-c3ccccc3)o2)CC1. The molecule has 0 aliphatic carbocycles. The van der Waals surface area contributed by atoms with Crippen molar-refractivity contribution in [2.75, 3.05) is 31.1 Å². The van der Waals surface area contributed by atoms with Gasteiger partial charge in [-0.25, -0.2) is 4.98 Å². The van der Waals surface area contributed by atoms with E-state index in [1.807, 2.05) is 40.1 Å². The molecular weight excluding hydrogens is 422 g/mol. The van der Waals surface area contributed by atoms with Crippen LogP contribution in [-0.2, 0) is 11.2 Å². The quantitative estimate of drug-likeness (QED) is 0.443. The van der Waals surface area contributed by atoms with Gasteiger partial charge >= 0.3 is 0 Å². The molecule has 0 bridgehead atoms. The number of amides is 1. The number of hydrogen-bond acceptors (Lipinski definition) is 8. The van der Waals surface area contributed by atoms with Gasteiger partial charge in [-0.3, -0.25) is 4.79 Å². The second-order valence-electron chi connectivity index (χ2n) is 7.61. The van der Waals surface area contributed by atoms with Gasteiger partial charge in [0.1, 0.15) is 6.07 Å². The van der Waals surface area contributed by atoms with Gasteiger partial charge < -0.3 is 23.1 Å². The fourth-order valence-electron chi connectivity index (χ4n) is 3.80. The Hall–Kier alpha value is -4.32. The number of nitrogens with zero attached hydrogens (tertiary/aromatic N) is 5. The number of nitriles is 1. The largest absolute Gasteiger partial charge is 0.459 e. The molecule has 33 heavy (non-hydrogen) atoms. The highest BCUT2D eigenvalue weighted by molar-refractivity contribution is 5.76. The molecule has 166 valence electrons. The summed E-state index contributed by atoms with van der Waals surface area (Å²) in [5.74, 6) is 2.43. The number of hydrogen-bond donors (Lipinski definition) is 0. The Morgan fingerprint density at radius 2 is 1.85 bits per heavy atom. The second-order valence-corrected chi connectivity index (χ2v) is 7.61. The van der Waals surface area contributed by atoms with E-state index in [1.165, 1.54) is 6.26 Å². The van der Waals surface area contributed by atoms with E-state index in [9.17, 15) is 10.1 Å². The Morgan fingerprint density at radius 3 is 2.58 bits per heavy atom. The molecule has 9 nitrogen and oxygen atoms in total. The van der Waals surface area contributed by atoms with Crippen LogP contribution >= 0.6 is 0 Å². The lowest BCUT2D eigenvalue weighted by molar-refractivity contribution is -0.131. The lowest BCUT2D eigenvalue weighted by Gasteiger charge is -2.34. The summed E-state index contributed by atoms with van der Waals surface area (Å²) in [6.07, 6.45) is 3.98. The average molecular weight is 443 g/mol. The van der Waals surface area contributed by atoms with Crippen LogP contribution in [0.4, 0.5) is 5.88 Å². The third kappa shape index (κ3) is 4.36. The number of aryl methyl sites for hydroxylation is 1. The topological polar surface area (TPSA) is 113 Å². The Morgan fingerprint density at radius 1 is 1.03 bits per heavy atom. The van der Waals surface area contributed by atoms with Gasteiger partial charge in [-0.1, -0.05) is 30.3 Å². The molecule has 1 aliphatic rings. The van der Waals surface area contributed by atoms with Gasteiger partial charge in [0.25, 0.3) is 5.89 Å². The smallest absolute Gasteiger partial charge is 0.266 e. The van der Waals surface area contributed by atoms with E-state index in [1.54, 1.807) is 18.3 Å². The summed E-state index contributed by atoms with van der Waals surface area (Å²) in [6.45, 7) is 2.15. The molecule has 4 heterocycles. The monoisotopic (exact) mass is 443 g/mol. The van der Waals surface area contributed by atoms with Crippen LogP contribution in [0.25, 0.3) is 23.0 Å². The Bertz CT molecular complexity index is 1260. The van der Waals surface area contributed by atoms with Gasteiger partial charge in [-0.2, -0.15) is 10.2 Å². The summed E-state index contributed by atoms with van der Waals surface area (Å²) in [5, 5.41) is 9.44. The zero-order valence-electron chi connectivity index (χ0n) is 17.8. The molecule has 1 aliphatic heterocycles. The highest BCUT2D eigenvalue weighted by Gasteiger charge is 2.27. The summed E-state index contributed by atoms with van der Waals surface area (Å²) in [5.41, 5.74) is 1.16. The molecular formula is C24H21N5O4. The second kappa shape index (κ2) is 9.04. The van der Waals surface area contributed by atoms with Gasteiger partial charge in [0, 0.05) is 44.6 Å². The minimum absolute atomic E-state index is 0.0449. The first-order valence-electron chi connectivity index (χ1n) is 10.7. The van der Waals surface area contributed by atoms with Gasteiger partial charge in [-0.05, 0) is 12.1 Å². The minimum Gasteiger partial charge on any atom is -0.459 e. The van der Waals surface area contributed by atoms with Crippen molar-refractivity contribution in [1.82, 2.24) is 14.9 Å². The number of benzene rings is 1. The first-order valence-corrected chi connectivity index (χ1v) is 10.7. The molecule has 0 radical (unpaired) electrons. The Kier molecular flexibility index (Phi) is 5.64. The van der Waals surface area contributed by atoms with Gasteiger partial charge in [0.05, 0.1) is 12.5 Å². The molecule has 9 heteroatoms. The third-order valence-electron chi connectivity index (χ3n) is 5.53. The standard InChI is InChI=1S/C24H21N5O4/c25-15-18-24(33-23(27-18)19-7-4-14-31-19)29-12-10-28(11-13-29)22(30)9-8-21-26-16-20(32-21)17-5-2-1-3-6-17/h1-7,14,16H,8-13H2. The van der Waals surface area contributed by atoms with Crippen molar-refractivity contribution < 1.29 is 18.0 Å². The molecule has 3 aromatic heterocycles. The van der Waals surface area contributed by atoms with E-state index in [-0.39, 0.29) is 17.5 Å². The zero-order chi connectivity index (χ0) is 22.6. The van der Waals surface area contributed by atoms with Crippen molar-refractivity contribution in [2.24, 2.45) is 0 Å². The minimum atomic E-state index is 0.0449. The van der Waals surface area contributed by atoms with Crippen molar-refractivity contribution in [1.29, 1.82) is 5.26 Å². The summed E-state index contributed by atoms with van der Waals surface area (Å²) in [6, 6.07) is 15.3. The van der Waals surface area contributed by atoms with Crippen molar-refractivity contribution in [3.05, 3.63) is 66.5 Å². The van der Waals surface area contributed by atoms with E-state index in [4.69, 9.17) is 13.3 Å². The molecule has 1 amide bonds. The fourth-order valence-corrected chi connectivity index (χ4v) is 3.80. The van der Waals surface area contributed by atoms with Crippen LogP contribution in [0.1, 0.15) is 18.0 Å². The number of furan rings is 1. The lowest BCUT2D eigenvalue weighted by atomic mass is 10.2. The van der Waals surface area contributed by atoms with Gasteiger partial charge in [0.15, 0.2) is 17.4 Å². The molecule has 0 spiro atoms. The van der Waals surface area contributed by atoms with E-state index in [2.05, 4.69) is 16.0 Å². The van der Waals surface area contributed by atoms with Crippen molar-refractivity contribution >= 4 is 11.8 Å². The zero-order valence-corrected chi connectivity index (χ0v) is 17.8. The van der Waals surface area contributed by atoms with Crippen LogP contribution in [0.2, 0.25) is 0 Å². The number of rotatable bonds is 6. The van der Waals surface area contributed by atoms with Crippen LogP contribution in [0.15, 0.2) is 68.2 Å².